The lowest BCUT2D eigenvalue weighted by Gasteiger charge is -2.07. The first-order valence-electron chi connectivity index (χ1n) is 6.93. The van der Waals surface area contributed by atoms with Crippen molar-refractivity contribution in [2.45, 2.75) is 6.61 Å². The van der Waals surface area contributed by atoms with Gasteiger partial charge in [-0.05, 0) is 10.4 Å². The molecule has 114 valence electrons. The van der Waals surface area contributed by atoms with Crippen LogP contribution < -0.4 is 10.4 Å². The molecule has 0 fully saturated rings. The van der Waals surface area contributed by atoms with Crippen molar-refractivity contribution in [3.8, 4) is 11.7 Å². The molecule has 0 saturated carbocycles. The van der Waals surface area contributed by atoms with E-state index in [2.05, 4.69) is 22.1 Å². The third-order valence-electron chi connectivity index (χ3n) is 3.23. The summed E-state index contributed by atoms with van der Waals surface area (Å²) in [4.78, 5) is 12.1. The van der Waals surface area contributed by atoms with Crippen LogP contribution in [0.15, 0.2) is 29.8 Å². The molecule has 0 aromatic carbocycles. The quantitative estimate of drug-likeness (QED) is 0.729. The van der Waals surface area contributed by atoms with E-state index >= 15 is 0 Å². The maximum Gasteiger partial charge on any atom is 0.369 e. The molecule has 22 heavy (non-hydrogen) atoms. The molecule has 1 N–H and O–H groups in total. The van der Waals surface area contributed by atoms with Crippen LogP contribution >= 0.6 is 0 Å². The second kappa shape index (κ2) is 5.35. The molecule has 9 heteroatoms. The first kappa shape index (κ1) is 12.6. The molecule has 9 nitrogen and oxygen atoms in total. The van der Waals surface area contributed by atoms with E-state index in [1.807, 2.05) is 6.20 Å². The first-order chi connectivity index (χ1) is 11.0. The molecular formula is C13H15N7O2. The Balaban J connectivity index is 2.02. The van der Waals surface area contributed by atoms with Crippen LogP contribution in [0.1, 0.15) is 11.1 Å². The number of aryl methyl sites for hydroxylation is 2. The van der Waals surface area contributed by atoms with Gasteiger partial charge in [0.25, 0.3) is 0 Å². The van der Waals surface area contributed by atoms with Gasteiger partial charge in [-0.3, -0.25) is 5.09 Å². The Hall–Kier alpha value is -3.10. The maximum atomic E-state index is 12.1. The predicted octanol–water partition coefficient (Wildman–Crippen LogP) is 0.250. The van der Waals surface area contributed by atoms with Crippen molar-refractivity contribution in [1.82, 2.24) is 34.5 Å². The van der Waals surface area contributed by atoms with Crippen LogP contribution in [0.2, 0.25) is 1.41 Å². The molecule has 3 heterocycles. The summed E-state index contributed by atoms with van der Waals surface area (Å²) in [6.45, 7) is 3.93. The Morgan fingerprint density at radius 2 is 2.32 bits per heavy atom. The SMILES string of the molecule is [3H]n1ccc(OCc2c(C=C)cn(C)c2-n2nnn(C)c2=O)n1. The van der Waals surface area contributed by atoms with Gasteiger partial charge in [0.05, 0.1) is 0 Å². The summed E-state index contributed by atoms with van der Waals surface area (Å²) in [6, 6.07) is 1.58. The second-order valence-corrected chi connectivity index (χ2v) is 4.66. The average Bonchev–Trinajstić information content (AvgIpc) is 3.17. The van der Waals surface area contributed by atoms with Crippen LogP contribution in [-0.2, 0) is 20.7 Å². The number of ether oxygens (including phenoxy) is 1. The normalized spacial score (nSPS) is 11.5. The minimum atomic E-state index is -0.363. The standard InChI is InChI=1S/C13H15N7O2/c1-4-9-7-18(2)12(20-13(21)19(3)16-17-20)10(9)8-22-11-5-6-14-15-11/h4-7H,1,8H2,2-3H3,(H,14,15)/i/hT. The molecule has 0 atom stereocenters. The zero-order valence-corrected chi connectivity index (χ0v) is 12.2. The van der Waals surface area contributed by atoms with Crippen molar-refractivity contribution < 1.29 is 6.15 Å². The highest BCUT2D eigenvalue weighted by Gasteiger charge is 2.19. The number of nitrogens with one attached hydrogen (secondary N) is 1. The van der Waals surface area contributed by atoms with Crippen LogP contribution in [0, 0.1) is 0 Å². The second-order valence-electron chi connectivity index (χ2n) is 4.66. The number of nitrogens with zero attached hydrogens (tertiary/aromatic N) is 6. The minimum Gasteiger partial charge on any atom is -0.472 e. The van der Waals surface area contributed by atoms with E-state index in [0.717, 1.165) is 20.9 Å². The highest BCUT2D eigenvalue weighted by Crippen LogP contribution is 2.22. The van der Waals surface area contributed by atoms with Crippen molar-refractivity contribution in [2.24, 2.45) is 14.1 Å². The highest BCUT2D eigenvalue weighted by atomic mass is 16.5. The van der Waals surface area contributed by atoms with Gasteiger partial charge in [0.15, 0.2) is 1.41 Å². The van der Waals surface area contributed by atoms with Crippen molar-refractivity contribution in [3.63, 3.8) is 0 Å². The van der Waals surface area contributed by atoms with E-state index in [1.165, 1.54) is 17.9 Å². The fourth-order valence-corrected chi connectivity index (χ4v) is 2.18. The molecule has 3 aromatic rings. The van der Waals surface area contributed by atoms with Gasteiger partial charge in [0.1, 0.15) is 12.4 Å². The van der Waals surface area contributed by atoms with E-state index < -0.39 is 0 Å². The van der Waals surface area contributed by atoms with E-state index in [-0.39, 0.29) is 12.3 Å². The fraction of sp³-hybridized carbons (Fsp3) is 0.231. The summed E-state index contributed by atoms with van der Waals surface area (Å²) < 4.78 is 17.0. The molecule has 3 rings (SSSR count). The fourth-order valence-electron chi connectivity index (χ4n) is 2.18. The maximum absolute atomic E-state index is 12.1. The molecule has 3 aromatic heterocycles. The predicted molar refractivity (Wildman–Crippen MR) is 78.6 cm³/mol. The van der Waals surface area contributed by atoms with Gasteiger partial charge in [0, 0.05) is 43.7 Å². The van der Waals surface area contributed by atoms with Crippen molar-refractivity contribution in [1.29, 1.82) is 0 Å². The Morgan fingerprint density at radius 1 is 1.50 bits per heavy atom. The van der Waals surface area contributed by atoms with Gasteiger partial charge in [0.2, 0.25) is 5.88 Å². The lowest BCUT2D eigenvalue weighted by atomic mass is 10.2. The number of hydrogen-bond donors (Lipinski definition) is 1. The molecule has 0 amide bonds. The number of hydrogen-bond acceptors (Lipinski definition) is 5. The molecular weight excluding hydrogens is 286 g/mol. The summed E-state index contributed by atoms with van der Waals surface area (Å²) in [5.41, 5.74) is 1.17. The third-order valence-corrected chi connectivity index (χ3v) is 3.23. The molecule has 0 bridgehead atoms. The summed E-state index contributed by atoms with van der Waals surface area (Å²) in [6.07, 6.45) is 4.96. The zero-order valence-electron chi connectivity index (χ0n) is 13.2. The van der Waals surface area contributed by atoms with Gasteiger partial charge in [-0.25, -0.2) is 4.79 Å². The number of aromatic nitrogens is 7. The van der Waals surface area contributed by atoms with Crippen LogP contribution in [0.4, 0.5) is 0 Å². The number of tetrazole rings is 1. The van der Waals surface area contributed by atoms with E-state index in [9.17, 15) is 4.79 Å². The molecule has 0 aliphatic carbocycles. The van der Waals surface area contributed by atoms with Crippen LogP contribution in [-0.4, -0.2) is 34.5 Å². The van der Waals surface area contributed by atoms with Crippen LogP contribution in [0.3, 0.4) is 0 Å². The average molecular weight is 303 g/mol. The summed E-state index contributed by atoms with van der Waals surface area (Å²) in [5.74, 6) is 0.861. The van der Waals surface area contributed by atoms with E-state index in [1.54, 1.807) is 23.8 Å². The smallest absolute Gasteiger partial charge is 0.369 e. The number of H-pyrrole nitrogens is 1. The largest absolute Gasteiger partial charge is 0.472 e. The zero-order chi connectivity index (χ0) is 16.6. The summed E-state index contributed by atoms with van der Waals surface area (Å²) >= 11 is 0. The molecule has 0 radical (unpaired) electrons. The van der Waals surface area contributed by atoms with Crippen LogP contribution in [0.25, 0.3) is 11.9 Å². The van der Waals surface area contributed by atoms with Gasteiger partial charge in [-0.15, -0.1) is 9.78 Å². The molecule has 0 saturated heterocycles. The Bertz CT molecular complexity index is 917. The van der Waals surface area contributed by atoms with E-state index in [4.69, 9.17) is 6.15 Å². The van der Waals surface area contributed by atoms with Crippen molar-refractivity contribution >= 4 is 6.08 Å². The Kier molecular flexibility index (Phi) is 3.07. The van der Waals surface area contributed by atoms with Crippen LogP contribution in [0.5, 0.6) is 5.88 Å². The monoisotopic (exact) mass is 303 g/mol. The van der Waals surface area contributed by atoms with Gasteiger partial charge >= 0.3 is 5.69 Å². The lowest BCUT2D eigenvalue weighted by molar-refractivity contribution is 0.292. The lowest BCUT2D eigenvalue weighted by Crippen LogP contribution is -2.24. The number of aromatic amines is 1. The highest BCUT2D eigenvalue weighted by molar-refractivity contribution is 5.57. The molecule has 0 unspecified atom stereocenters. The first-order valence-corrected chi connectivity index (χ1v) is 6.49. The third kappa shape index (κ3) is 2.22. The van der Waals surface area contributed by atoms with Gasteiger partial charge < -0.3 is 9.30 Å². The Labute approximate surface area is 126 Å². The molecule has 0 aliphatic rings. The molecule has 0 aliphatic heterocycles. The van der Waals surface area contributed by atoms with Crippen molar-refractivity contribution in [2.75, 3.05) is 0 Å². The van der Waals surface area contributed by atoms with E-state index in [0.29, 0.717) is 11.7 Å². The Morgan fingerprint density at radius 3 is 2.91 bits per heavy atom. The molecule has 0 spiro atoms. The topological polar surface area (TPSA) is 95.5 Å². The summed E-state index contributed by atoms with van der Waals surface area (Å²) in [5, 5.41) is 12.3. The summed E-state index contributed by atoms with van der Waals surface area (Å²) in [7, 11) is 3.33. The number of rotatable bonds is 5. The van der Waals surface area contributed by atoms with Gasteiger partial charge in [-0.2, -0.15) is 4.68 Å². The minimum absolute atomic E-state index is 0.150. The van der Waals surface area contributed by atoms with Crippen molar-refractivity contribution in [3.05, 3.63) is 46.7 Å². The van der Waals surface area contributed by atoms with Gasteiger partial charge in [-0.1, -0.05) is 12.7 Å².